The Morgan fingerprint density at radius 1 is 1.25 bits per heavy atom. The van der Waals surface area contributed by atoms with Gasteiger partial charge >= 0.3 is 0 Å². The third-order valence-electron chi connectivity index (χ3n) is 3.06. The number of amides is 1. The van der Waals surface area contributed by atoms with E-state index in [0.29, 0.717) is 13.2 Å². The van der Waals surface area contributed by atoms with Crippen molar-refractivity contribution in [2.24, 2.45) is 0 Å². The van der Waals surface area contributed by atoms with Crippen LogP contribution in [0, 0.1) is 13.8 Å². The van der Waals surface area contributed by atoms with Gasteiger partial charge in [0, 0.05) is 6.54 Å². The Labute approximate surface area is 123 Å². The molecule has 0 unspecified atom stereocenters. The molecule has 0 aliphatic carbocycles. The topological polar surface area (TPSA) is 38.3 Å². The van der Waals surface area contributed by atoms with Crippen molar-refractivity contribution in [3.8, 4) is 5.75 Å². The van der Waals surface area contributed by atoms with E-state index in [1.54, 1.807) is 0 Å². The van der Waals surface area contributed by atoms with Crippen molar-refractivity contribution in [3.63, 3.8) is 0 Å². The van der Waals surface area contributed by atoms with Gasteiger partial charge in [-0.1, -0.05) is 12.1 Å². The fourth-order valence-corrected chi connectivity index (χ4v) is 2.85. The summed E-state index contributed by atoms with van der Waals surface area (Å²) in [5.74, 6) is 0.890. The highest BCUT2D eigenvalue weighted by Crippen LogP contribution is 2.19. The van der Waals surface area contributed by atoms with Crippen LogP contribution >= 0.6 is 11.3 Å². The Kier molecular flexibility index (Phi) is 4.79. The molecule has 3 nitrogen and oxygen atoms in total. The first-order valence-electron chi connectivity index (χ1n) is 6.66. The Balaban J connectivity index is 1.99. The third-order valence-corrected chi connectivity index (χ3v) is 4.08. The van der Waals surface area contributed by atoms with E-state index in [1.807, 2.05) is 50.4 Å². The predicted molar refractivity (Wildman–Crippen MR) is 82.6 cm³/mol. The summed E-state index contributed by atoms with van der Waals surface area (Å²) in [5.41, 5.74) is 3.19. The van der Waals surface area contributed by atoms with Crippen LogP contribution in [0.4, 0.5) is 0 Å². The number of hydrogen-bond acceptors (Lipinski definition) is 3. The monoisotopic (exact) mass is 289 g/mol. The quantitative estimate of drug-likeness (QED) is 0.911. The Morgan fingerprint density at radius 3 is 2.65 bits per heavy atom. The minimum atomic E-state index is -0.0102. The molecule has 0 fully saturated rings. The lowest BCUT2D eigenvalue weighted by Gasteiger charge is -2.10. The van der Waals surface area contributed by atoms with Crippen LogP contribution in [0.15, 0.2) is 29.6 Å². The van der Waals surface area contributed by atoms with Crippen molar-refractivity contribution >= 4 is 17.2 Å². The summed E-state index contributed by atoms with van der Waals surface area (Å²) >= 11 is 1.47. The standard InChI is InChI=1S/C16H19NO2S/c1-4-19-14-6-5-13(9-12(14)3)10-17-16(18)15-11(2)7-8-20-15/h5-9H,4,10H2,1-3H3,(H,17,18). The number of ether oxygens (including phenoxy) is 1. The molecule has 0 aliphatic heterocycles. The van der Waals surface area contributed by atoms with Gasteiger partial charge in [-0.2, -0.15) is 0 Å². The average Bonchev–Trinajstić information content (AvgIpc) is 2.85. The molecule has 2 aromatic rings. The summed E-state index contributed by atoms with van der Waals surface area (Å²) in [6.45, 7) is 7.13. The highest BCUT2D eigenvalue weighted by molar-refractivity contribution is 7.12. The number of thiophene rings is 1. The first kappa shape index (κ1) is 14.6. The second kappa shape index (κ2) is 6.57. The maximum atomic E-state index is 12.0. The lowest BCUT2D eigenvalue weighted by atomic mass is 10.1. The third kappa shape index (κ3) is 3.39. The van der Waals surface area contributed by atoms with Crippen molar-refractivity contribution in [1.29, 1.82) is 0 Å². The van der Waals surface area contributed by atoms with Gasteiger partial charge in [0.25, 0.3) is 5.91 Å². The van der Waals surface area contributed by atoms with Gasteiger partial charge in [-0.05, 0) is 55.0 Å². The second-order valence-electron chi connectivity index (χ2n) is 4.65. The smallest absolute Gasteiger partial charge is 0.261 e. The fourth-order valence-electron chi connectivity index (χ4n) is 2.01. The molecule has 1 N–H and O–H groups in total. The Bertz CT molecular complexity index is 604. The molecule has 1 amide bonds. The fraction of sp³-hybridized carbons (Fsp3) is 0.312. The lowest BCUT2D eigenvalue weighted by Crippen LogP contribution is -2.22. The molecule has 0 atom stereocenters. The molecule has 4 heteroatoms. The minimum Gasteiger partial charge on any atom is -0.494 e. The van der Waals surface area contributed by atoms with Gasteiger partial charge in [-0.3, -0.25) is 4.79 Å². The van der Waals surface area contributed by atoms with Crippen molar-refractivity contribution in [1.82, 2.24) is 5.32 Å². The molecule has 1 aromatic carbocycles. The molecule has 0 saturated carbocycles. The highest BCUT2D eigenvalue weighted by atomic mass is 32.1. The maximum Gasteiger partial charge on any atom is 0.261 e. The van der Waals surface area contributed by atoms with Gasteiger partial charge < -0.3 is 10.1 Å². The van der Waals surface area contributed by atoms with Crippen molar-refractivity contribution < 1.29 is 9.53 Å². The van der Waals surface area contributed by atoms with Gasteiger partial charge in [0.15, 0.2) is 0 Å². The molecular formula is C16H19NO2S. The summed E-state index contributed by atoms with van der Waals surface area (Å²) in [4.78, 5) is 12.8. The van der Waals surface area contributed by atoms with Crippen LogP contribution in [-0.2, 0) is 6.54 Å². The normalized spacial score (nSPS) is 10.3. The summed E-state index contributed by atoms with van der Waals surface area (Å²) in [6, 6.07) is 7.95. The molecular weight excluding hydrogens is 270 g/mol. The lowest BCUT2D eigenvalue weighted by molar-refractivity contribution is 0.0954. The summed E-state index contributed by atoms with van der Waals surface area (Å²) in [5, 5.41) is 4.89. The van der Waals surface area contributed by atoms with Gasteiger partial charge in [-0.15, -0.1) is 11.3 Å². The van der Waals surface area contributed by atoms with Gasteiger partial charge in [0.2, 0.25) is 0 Å². The number of carbonyl (C=O) groups excluding carboxylic acids is 1. The van der Waals surface area contributed by atoms with Crippen molar-refractivity contribution in [3.05, 3.63) is 51.2 Å². The minimum absolute atomic E-state index is 0.0102. The van der Waals surface area contributed by atoms with Gasteiger partial charge in [0.05, 0.1) is 11.5 Å². The SMILES string of the molecule is CCOc1ccc(CNC(=O)c2sccc2C)cc1C. The van der Waals surface area contributed by atoms with Crippen LogP contribution < -0.4 is 10.1 Å². The maximum absolute atomic E-state index is 12.0. The number of rotatable bonds is 5. The molecule has 1 aromatic heterocycles. The number of benzene rings is 1. The molecule has 0 spiro atoms. The Morgan fingerprint density at radius 2 is 2.05 bits per heavy atom. The van der Waals surface area contributed by atoms with E-state index in [2.05, 4.69) is 5.32 Å². The number of hydrogen-bond donors (Lipinski definition) is 1. The number of carbonyl (C=O) groups is 1. The van der Waals surface area contributed by atoms with E-state index in [-0.39, 0.29) is 5.91 Å². The van der Waals surface area contributed by atoms with Gasteiger partial charge in [0.1, 0.15) is 5.75 Å². The van der Waals surface area contributed by atoms with Crippen LogP contribution in [0.3, 0.4) is 0 Å². The zero-order valence-electron chi connectivity index (χ0n) is 12.0. The van der Waals surface area contributed by atoms with Crippen LogP contribution in [0.5, 0.6) is 5.75 Å². The molecule has 0 aliphatic rings. The highest BCUT2D eigenvalue weighted by Gasteiger charge is 2.10. The average molecular weight is 289 g/mol. The molecule has 0 saturated heterocycles. The van der Waals surface area contributed by atoms with Crippen LogP contribution in [0.2, 0.25) is 0 Å². The Hall–Kier alpha value is -1.81. The van der Waals surface area contributed by atoms with Crippen molar-refractivity contribution in [2.75, 3.05) is 6.61 Å². The van der Waals surface area contributed by atoms with E-state index < -0.39 is 0 Å². The summed E-state index contributed by atoms with van der Waals surface area (Å²) in [7, 11) is 0. The zero-order valence-corrected chi connectivity index (χ0v) is 12.8. The van der Waals surface area contributed by atoms with E-state index in [1.165, 1.54) is 11.3 Å². The van der Waals surface area contributed by atoms with E-state index in [9.17, 15) is 4.79 Å². The molecule has 106 valence electrons. The van der Waals surface area contributed by atoms with Crippen LogP contribution in [0.25, 0.3) is 0 Å². The summed E-state index contributed by atoms with van der Waals surface area (Å²) in [6.07, 6.45) is 0. The largest absolute Gasteiger partial charge is 0.494 e. The van der Waals surface area contributed by atoms with Crippen molar-refractivity contribution in [2.45, 2.75) is 27.3 Å². The predicted octanol–water partition coefficient (Wildman–Crippen LogP) is 3.69. The van der Waals surface area contributed by atoms with E-state index >= 15 is 0 Å². The second-order valence-corrected chi connectivity index (χ2v) is 5.56. The first-order chi connectivity index (χ1) is 9.61. The molecule has 1 heterocycles. The first-order valence-corrected chi connectivity index (χ1v) is 7.54. The number of aryl methyl sites for hydroxylation is 2. The molecule has 0 radical (unpaired) electrons. The van der Waals surface area contributed by atoms with Gasteiger partial charge in [-0.25, -0.2) is 0 Å². The molecule has 20 heavy (non-hydrogen) atoms. The number of nitrogens with one attached hydrogen (secondary N) is 1. The molecule has 2 rings (SSSR count). The van der Waals surface area contributed by atoms with E-state index in [0.717, 1.165) is 27.3 Å². The zero-order chi connectivity index (χ0) is 14.5. The van der Waals surface area contributed by atoms with E-state index in [4.69, 9.17) is 4.74 Å². The van der Waals surface area contributed by atoms with Crippen LogP contribution in [0.1, 0.15) is 33.3 Å². The van der Waals surface area contributed by atoms with Crippen LogP contribution in [-0.4, -0.2) is 12.5 Å². The molecule has 0 bridgehead atoms. The summed E-state index contributed by atoms with van der Waals surface area (Å²) < 4.78 is 5.51.